The highest BCUT2D eigenvalue weighted by Crippen LogP contribution is 2.47. The predicted octanol–water partition coefficient (Wildman–Crippen LogP) is 14.2. The summed E-state index contributed by atoms with van der Waals surface area (Å²) in [4.78, 5) is 10.4. The zero-order valence-electron chi connectivity index (χ0n) is 33.5. The van der Waals surface area contributed by atoms with E-state index in [0.717, 1.165) is 37.6 Å². The van der Waals surface area contributed by atoms with Gasteiger partial charge in [-0.25, -0.2) is 4.98 Å². The van der Waals surface area contributed by atoms with Gasteiger partial charge in [-0.15, -0.1) is 11.3 Å². The first-order valence-electron chi connectivity index (χ1n) is 18.8. The summed E-state index contributed by atoms with van der Waals surface area (Å²) in [6.45, 7) is 29.8. The highest BCUT2D eigenvalue weighted by Gasteiger charge is 2.29. The van der Waals surface area contributed by atoms with Crippen LogP contribution in [0.1, 0.15) is 130 Å². The Morgan fingerprint density at radius 2 is 1.19 bits per heavy atom. The third kappa shape index (κ3) is 7.46. The maximum atomic E-state index is 10.8. The second-order valence-corrected chi connectivity index (χ2v) is 19.3. The number of hydrogen-bond acceptors (Lipinski definition) is 4. The third-order valence-electron chi connectivity index (χ3n) is 10.2. The lowest BCUT2D eigenvalue weighted by molar-refractivity contribution is 0.477. The number of phenolic OH excluding ortho intramolecular Hbond substituents is 1. The Morgan fingerprint density at radius 3 is 1.77 bits per heavy atom. The zero-order chi connectivity index (χ0) is 37.9. The molecule has 6 aromatic rings. The smallest absolute Gasteiger partial charge is 0.128 e. The van der Waals surface area contributed by atoms with Crippen molar-refractivity contribution in [1.82, 2.24) is 9.97 Å². The van der Waals surface area contributed by atoms with Crippen LogP contribution in [0.5, 0.6) is 5.75 Å². The summed E-state index contributed by atoms with van der Waals surface area (Å²) in [5.41, 5.74) is 14.8. The molecule has 0 atom stereocenters. The van der Waals surface area contributed by atoms with Crippen molar-refractivity contribution in [2.75, 3.05) is 0 Å². The molecule has 0 aliphatic heterocycles. The fourth-order valence-corrected chi connectivity index (χ4v) is 8.05. The molecule has 0 saturated heterocycles. The normalized spacial score (nSPS) is 12.8. The number of hydrogen-bond donors (Lipinski definition) is 1. The van der Waals surface area contributed by atoms with E-state index < -0.39 is 0 Å². The van der Waals surface area contributed by atoms with Gasteiger partial charge in [0.2, 0.25) is 0 Å². The molecule has 0 amide bonds. The van der Waals surface area contributed by atoms with E-state index in [9.17, 15) is 5.11 Å². The number of fused-ring (bicyclic) bond motifs is 1. The maximum absolute atomic E-state index is 10.8. The van der Waals surface area contributed by atoms with E-state index in [2.05, 4.69) is 145 Å². The fraction of sp³-hybridized carbons (Fsp3) is 0.375. The molecule has 0 radical (unpaired) electrons. The zero-order valence-corrected chi connectivity index (χ0v) is 34.3. The number of pyridine rings is 1. The minimum absolute atomic E-state index is 0.0761. The van der Waals surface area contributed by atoms with Gasteiger partial charge >= 0.3 is 0 Å². The van der Waals surface area contributed by atoms with Crippen LogP contribution >= 0.6 is 11.3 Å². The summed E-state index contributed by atoms with van der Waals surface area (Å²) in [7, 11) is 0. The molecule has 1 N–H and O–H groups in total. The molecule has 0 fully saturated rings. The minimum atomic E-state index is -0.145. The highest BCUT2D eigenvalue weighted by atomic mass is 32.1. The molecular formula is C48H56N2OS. The average molecular weight is 709 g/mol. The number of thiazole rings is 1. The summed E-state index contributed by atoms with van der Waals surface area (Å²) in [5, 5.41) is 11.7. The molecule has 270 valence electrons. The first kappa shape index (κ1) is 37.5. The number of phenols is 1. The number of benzene rings is 4. The summed E-state index contributed by atoms with van der Waals surface area (Å²) < 4.78 is 1.12. The lowest BCUT2D eigenvalue weighted by atomic mass is 9.74. The van der Waals surface area contributed by atoms with Gasteiger partial charge in [-0.3, -0.25) is 4.98 Å². The van der Waals surface area contributed by atoms with Crippen molar-refractivity contribution in [3.63, 3.8) is 0 Å². The van der Waals surface area contributed by atoms with Crippen LogP contribution in [0.4, 0.5) is 0 Å². The first-order chi connectivity index (χ1) is 24.2. The van der Waals surface area contributed by atoms with Crippen molar-refractivity contribution < 1.29 is 5.11 Å². The number of aromatic hydroxyl groups is 1. The van der Waals surface area contributed by atoms with Crippen LogP contribution in [0.2, 0.25) is 0 Å². The predicted molar refractivity (Wildman–Crippen MR) is 225 cm³/mol. The van der Waals surface area contributed by atoms with Gasteiger partial charge in [-0.2, -0.15) is 0 Å². The molecule has 0 unspecified atom stereocenters. The molecule has 0 saturated carbocycles. The van der Waals surface area contributed by atoms with Crippen LogP contribution in [-0.2, 0) is 16.2 Å². The Kier molecular flexibility index (Phi) is 9.81. The van der Waals surface area contributed by atoms with E-state index in [1.165, 1.54) is 44.5 Å². The largest absolute Gasteiger partial charge is 0.507 e. The van der Waals surface area contributed by atoms with Crippen molar-refractivity contribution in [1.29, 1.82) is 0 Å². The van der Waals surface area contributed by atoms with Crippen molar-refractivity contribution in [3.8, 4) is 49.8 Å². The molecule has 0 bridgehead atoms. The van der Waals surface area contributed by atoms with Crippen LogP contribution in [0.25, 0.3) is 54.3 Å². The highest BCUT2D eigenvalue weighted by molar-refractivity contribution is 7.21. The van der Waals surface area contributed by atoms with Crippen LogP contribution < -0.4 is 0 Å². The van der Waals surface area contributed by atoms with Gasteiger partial charge in [0.15, 0.2) is 0 Å². The molecule has 4 aromatic carbocycles. The van der Waals surface area contributed by atoms with E-state index in [0.29, 0.717) is 11.8 Å². The van der Waals surface area contributed by atoms with Gasteiger partial charge in [0.25, 0.3) is 0 Å². The Hall–Kier alpha value is -4.28. The molecular weight excluding hydrogens is 653 g/mol. The Labute approximate surface area is 316 Å². The fourth-order valence-electron chi connectivity index (χ4n) is 6.98. The van der Waals surface area contributed by atoms with Crippen molar-refractivity contribution in [2.24, 2.45) is 0 Å². The van der Waals surface area contributed by atoms with Gasteiger partial charge in [0.05, 0.1) is 21.5 Å². The summed E-state index contributed by atoms with van der Waals surface area (Å²) >= 11 is 1.65. The Balaban J connectivity index is 1.67. The van der Waals surface area contributed by atoms with E-state index in [-0.39, 0.29) is 22.0 Å². The molecule has 6 rings (SSSR count). The van der Waals surface area contributed by atoms with E-state index in [4.69, 9.17) is 9.97 Å². The average Bonchev–Trinajstić information content (AvgIpc) is 3.50. The van der Waals surface area contributed by atoms with Crippen LogP contribution in [0.15, 0.2) is 85.1 Å². The molecule has 4 heteroatoms. The van der Waals surface area contributed by atoms with Crippen LogP contribution in [0, 0.1) is 0 Å². The standard InChI is InChI=1S/C48H56N2OS/c1-28(2)31-20-32(29(3)4)22-33(21-31)30-18-19-49-41(23-30)38-26-36(39(47(8,9)10)27-40(38)48(11,12)13)37-24-34(46(5,6)7)25-43-44(37)50-45(52-43)35-16-14-15-17-42(35)51/h14-29,51H,1-13H3. The molecule has 0 aliphatic carbocycles. The SMILES string of the molecule is CC(C)c1cc(-c2ccnc(-c3cc(-c4cc(C(C)(C)C)cc5sc(-c6ccccc6O)nc45)c(C(C)(C)C)cc3C(C)(C)C)c2)cc(C(C)C)c1. The van der Waals surface area contributed by atoms with E-state index in [1.54, 1.807) is 17.4 Å². The van der Waals surface area contributed by atoms with Gasteiger partial charge in [0.1, 0.15) is 10.8 Å². The van der Waals surface area contributed by atoms with Crippen LogP contribution in [0.3, 0.4) is 0 Å². The number of aromatic nitrogens is 2. The Morgan fingerprint density at radius 1 is 0.577 bits per heavy atom. The van der Waals surface area contributed by atoms with Crippen molar-refractivity contribution >= 4 is 21.6 Å². The molecule has 3 nitrogen and oxygen atoms in total. The van der Waals surface area contributed by atoms with Gasteiger partial charge < -0.3 is 5.11 Å². The Bertz CT molecular complexity index is 2240. The number of rotatable bonds is 6. The monoisotopic (exact) mass is 708 g/mol. The summed E-state index contributed by atoms with van der Waals surface area (Å²) in [6.07, 6.45) is 1.98. The number of para-hydroxylation sites is 1. The molecule has 52 heavy (non-hydrogen) atoms. The topological polar surface area (TPSA) is 46.0 Å². The van der Waals surface area contributed by atoms with Crippen molar-refractivity contribution in [3.05, 3.63) is 113 Å². The quantitative estimate of drug-likeness (QED) is 0.187. The number of nitrogens with zero attached hydrogens (tertiary/aromatic N) is 2. The molecule has 0 aliphatic rings. The molecule has 2 heterocycles. The summed E-state index contributed by atoms with van der Waals surface area (Å²) in [6, 6.07) is 28.5. The molecule has 2 aromatic heterocycles. The van der Waals surface area contributed by atoms with E-state index >= 15 is 0 Å². The van der Waals surface area contributed by atoms with Gasteiger partial charge in [0, 0.05) is 17.3 Å². The second-order valence-electron chi connectivity index (χ2n) is 18.2. The lowest BCUT2D eigenvalue weighted by Gasteiger charge is -2.31. The third-order valence-corrected chi connectivity index (χ3v) is 11.3. The van der Waals surface area contributed by atoms with Gasteiger partial charge in [-0.05, 0) is 115 Å². The second kappa shape index (κ2) is 13.6. The molecule has 0 spiro atoms. The van der Waals surface area contributed by atoms with E-state index in [1.807, 2.05) is 24.4 Å². The first-order valence-corrected chi connectivity index (χ1v) is 19.6. The van der Waals surface area contributed by atoms with Crippen LogP contribution in [-0.4, -0.2) is 15.1 Å². The van der Waals surface area contributed by atoms with Crippen molar-refractivity contribution in [2.45, 2.75) is 118 Å². The van der Waals surface area contributed by atoms with Gasteiger partial charge in [-0.1, -0.05) is 126 Å². The maximum Gasteiger partial charge on any atom is 0.128 e. The lowest BCUT2D eigenvalue weighted by Crippen LogP contribution is -2.19. The summed E-state index contributed by atoms with van der Waals surface area (Å²) in [5.74, 6) is 1.13. The minimum Gasteiger partial charge on any atom is -0.507 e.